The van der Waals surface area contributed by atoms with E-state index in [4.69, 9.17) is 0 Å². The number of aryl methyl sites for hydroxylation is 1. The molecule has 0 atom stereocenters. The highest BCUT2D eigenvalue weighted by atomic mass is 32.2. The number of para-hydroxylation sites is 1. The molecule has 0 fully saturated rings. The van der Waals surface area contributed by atoms with E-state index in [1.165, 1.54) is 29.1 Å². The molecule has 0 unspecified atom stereocenters. The Balaban J connectivity index is 2.06. The van der Waals surface area contributed by atoms with Crippen molar-refractivity contribution in [3.05, 3.63) is 70.1 Å². The Labute approximate surface area is 156 Å². The highest BCUT2D eigenvalue weighted by Gasteiger charge is 2.14. The predicted octanol–water partition coefficient (Wildman–Crippen LogP) is 2.59. The van der Waals surface area contributed by atoms with Gasteiger partial charge < -0.3 is 5.11 Å². The summed E-state index contributed by atoms with van der Waals surface area (Å²) in [6.07, 6.45) is 3.00. The number of H-pyrrole nitrogens is 1. The maximum atomic E-state index is 12.8. The van der Waals surface area contributed by atoms with E-state index < -0.39 is 9.84 Å². The monoisotopic (exact) mass is 385 g/mol. The van der Waals surface area contributed by atoms with Crippen molar-refractivity contribution in [3.8, 4) is 11.4 Å². The van der Waals surface area contributed by atoms with Gasteiger partial charge in [-0.2, -0.15) is 0 Å². The van der Waals surface area contributed by atoms with E-state index in [2.05, 4.69) is 10.1 Å². The maximum absolute atomic E-state index is 12.8. The van der Waals surface area contributed by atoms with E-state index in [-0.39, 0.29) is 21.9 Å². The lowest BCUT2D eigenvalue weighted by atomic mass is 10.2. The summed E-state index contributed by atoms with van der Waals surface area (Å²) in [6.45, 7) is 1.90. The first-order valence-electron chi connectivity index (χ1n) is 8.27. The Morgan fingerprint density at radius 3 is 2.52 bits per heavy atom. The highest BCUT2D eigenvalue weighted by Crippen LogP contribution is 2.29. The molecule has 2 N–H and O–H groups in total. The topological polar surface area (TPSA) is 105 Å². The fourth-order valence-electron chi connectivity index (χ4n) is 2.63. The van der Waals surface area contributed by atoms with Crippen LogP contribution in [0, 0.1) is 0 Å². The van der Waals surface area contributed by atoms with E-state index in [9.17, 15) is 18.3 Å². The van der Waals surface area contributed by atoms with Gasteiger partial charge in [0.05, 0.1) is 16.1 Å². The molecule has 0 spiro atoms. The molecular formula is C19H19N3O4S. The summed E-state index contributed by atoms with van der Waals surface area (Å²) in [7, 11) is -3.43. The van der Waals surface area contributed by atoms with Gasteiger partial charge in [-0.3, -0.25) is 14.9 Å². The van der Waals surface area contributed by atoms with Gasteiger partial charge in [0.2, 0.25) is 0 Å². The molecule has 3 rings (SSSR count). The molecule has 0 radical (unpaired) electrons. The number of nitrogens with zero attached hydrogens (tertiary/aromatic N) is 2. The number of hydrogen-bond donors (Lipinski definition) is 2. The van der Waals surface area contributed by atoms with Gasteiger partial charge in [-0.15, -0.1) is 0 Å². The third-order valence-electron chi connectivity index (χ3n) is 4.08. The number of nitrogens with one attached hydrogen (secondary N) is 1. The van der Waals surface area contributed by atoms with E-state index in [1.54, 1.807) is 12.1 Å². The van der Waals surface area contributed by atoms with Crippen LogP contribution >= 0.6 is 0 Å². The van der Waals surface area contributed by atoms with Crippen LogP contribution in [0.1, 0.15) is 18.2 Å². The van der Waals surface area contributed by atoms with E-state index in [0.29, 0.717) is 23.4 Å². The average molecular weight is 385 g/mol. The number of phenolic OH excluding ortho intramolecular Hbond substituents is 1. The second-order valence-corrected chi connectivity index (χ2v) is 8.03. The number of aliphatic imine (C=N–C) groups is 1. The molecule has 0 aliphatic rings. The summed E-state index contributed by atoms with van der Waals surface area (Å²) in [6, 6.07) is 13.0. The average Bonchev–Trinajstić information content (AvgIpc) is 2.96. The van der Waals surface area contributed by atoms with E-state index in [1.807, 2.05) is 25.1 Å². The Morgan fingerprint density at radius 1 is 1.19 bits per heavy atom. The van der Waals surface area contributed by atoms with Crippen molar-refractivity contribution in [1.82, 2.24) is 9.78 Å². The molecule has 140 valence electrons. The van der Waals surface area contributed by atoms with Gasteiger partial charge in [-0.1, -0.05) is 25.1 Å². The third-order valence-corrected chi connectivity index (χ3v) is 5.19. The molecule has 0 amide bonds. The summed E-state index contributed by atoms with van der Waals surface area (Å²) in [4.78, 5) is 17.0. The summed E-state index contributed by atoms with van der Waals surface area (Å²) in [5, 5.41) is 13.0. The van der Waals surface area contributed by atoms with Crippen molar-refractivity contribution in [2.75, 3.05) is 6.26 Å². The first-order valence-corrected chi connectivity index (χ1v) is 10.2. The molecule has 0 saturated carbocycles. The molecule has 0 aliphatic heterocycles. The molecule has 3 aromatic rings. The fraction of sp³-hybridized carbons (Fsp3) is 0.158. The lowest BCUT2D eigenvalue weighted by Gasteiger charge is -2.02. The minimum Gasteiger partial charge on any atom is -0.506 e. The lowest BCUT2D eigenvalue weighted by molar-refractivity contribution is 0.476. The molecule has 7 nitrogen and oxygen atoms in total. The molecule has 0 aliphatic carbocycles. The summed E-state index contributed by atoms with van der Waals surface area (Å²) in [5.41, 5.74) is 1.53. The number of phenols is 1. The van der Waals surface area contributed by atoms with E-state index >= 15 is 0 Å². The van der Waals surface area contributed by atoms with Crippen molar-refractivity contribution < 1.29 is 13.5 Å². The first-order chi connectivity index (χ1) is 12.8. The predicted molar refractivity (Wildman–Crippen MR) is 104 cm³/mol. The van der Waals surface area contributed by atoms with Crippen LogP contribution in [0.4, 0.5) is 5.69 Å². The SMILES string of the molecule is CCc1[nH]n(-c2ccccc2)c(=O)c1C=Nc1cc(S(C)(=O)=O)ccc1O. The Kier molecular flexibility index (Phi) is 5.00. The van der Waals surface area contributed by atoms with Gasteiger partial charge in [0.25, 0.3) is 5.56 Å². The zero-order chi connectivity index (χ0) is 19.6. The summed E-state index contributed by atoms with van der Waals surface area (Å²) >= 11 is 0. The summed E-state index contributed by atoms with van der Waals surface area (Å²) < 4.78 is 24.8. The van der Waals surface area contributed by atoms with E-state index in [0.717, 1.165) is 6.26 Å². The maximum Gasteiger partial charge on any atom is 0.280 e. The number of aromatic nitrogens is 2. The molecule has 8 heteroatoms. The smallest absolute Gasteiger partial charge is 0.280 e. The number of rotatable bonds is 5. The lowest BCUT2D eigenvalue weighted by Crippen LogP contribution is -2.17. The van der Waals surface area contributed by atoms with Gasteiger partial charge in [0.1, 0.15) is 11.4 Å². The Bertz CT molecular complexity index is 1160. The molecule has 0 saturated heterocycles. The molecule has 27 heavy (non-hydrogen) atoms. The van der Waals surface area contributed by atoms with Crippen molar-refractivity contribution in [2.45, 2.75) is 18.2 Å². The zero-order valence-corrected chi connectivity index (χ0v) is 15.7. The van der Waals surface area contributed by atoms with Crippen LogP contribution in [0.15, 0.2) is 63.2 Å². The largest absolute Gasteiger partial charge is 0.506 e. The summed E-state index contributed by atoms with van der Waals surface area (Å²) in [5.74, 6) is -0.171. The van der Waals surface area contributed by atoms with Crippen molar-refractivity contribution in [2.24, 2.45) is 4.99 Å². The van der Waals surface area contributed by atoms with Crippen LogP contribution in [-0.2, 0) is 16.3 Å². The minimum absolute atomic E-state index is 0.0407. The minimum atomic E-state index is -3.43. The van der Waals surface area contributed by atoms with Crippen molar-refractivity contribution >= 4 is 21.7 Å². The standard InChI is InChI=1S/C19H19N3O4S/c1-3-16-15(19(24)22(21-16)13-7-5-4-6-8-13)12-20-17-11-14(27(2,25)26)9-10-18(17)23/h4-12,21,23H,3H2,1-2H3. The number of sulfone groups is 1. The van der Waals surface area contributed by atoms with Gasteiger partial charge >= 0.3 is 0 Å². The van der Waals surface area contributed by atoms with Crippen LogP contribution in [-0.4, -0.2) is 35.8 Å². The number of hydrogen-bond acceptors (Lipinski definition) is 5. The van der Waals surface area contributed by atoms with Crippen molar-refractivity contribution in [1.29, 1.82) is 0 Å². The van der Waals surface area contributed by atoms with Crippen LogP contribution in [0.25, 0.3) is 5.69 Å². The van der Waals surface area contributed by atoms with Crippen LogP contribution in [0.2, 0.25) is 0 Å². The normalized spacial score (nSPS) is 11.9. The molecule has 2 aromatic carbocycles. The van der Waals surface area contributed by atoms with Crippen LogP contribution < -0.4 is 5.56 Å². The molecule has 1 heterocycles. The van der Waals surface area contributed by atoms with Gasteiger partial charge in [0, 0.05) is 18.2 Å². The molecule has 0 bridgehead atoms. The van der Waals surface area contributed by atoms with Gasteiger partial charge in [-0.05, 0) is 36.8 Å². The Hall–Kier alpha value is -3.13. The number of aromatic amines is 1. The number of aromatic hydroxyl groups is 1. The molecule has 1 aromatic heterocycles. The third kappa shape index (κ3) is 3.85. The first kappa shape index (κ1) is 18.7. The second-order valence-electron chi connectivity index (χ2n) is 6.01. The number of benzene rings is 2. The second kappa shape index (κ2) is 7.24. The van der Waals surface area contributed by atoms with Crippen LogP contribution in [0.5, 0.6) is 5.75 Å². The van der Waals surface area contributed by atoms with Crippen molar-refractivity contribution in [3.63, 3.8) is 0 Å². The fourth-order valence-corrected chi connectivity index (χ4v) is 3.27. The highest BCUT2D eigenvalue weighted by molar-refractivity contribution is 7.90. The quantitative estimate of drug-likeness (QED) is 0.659. The van der Waals surface area contributed by atoms with Gasteiger partial charge in [0.15, 0.2) is 9.84 Å². The zero-order valence-electron chi connectivity index (χ0n) is 14.9. The molecular weight excluding hydrogens is 366 g/mol. The van der Waals surface area contributed by atoms with Gasteiger partial charge in [-0.25, -0.2) is 13.1 Å². The van der Waals surface area contributed by atoms with Crippen LogP contribution in [0.3, 0.4) is 0 Å². The Morgan fingerprint density at radius 2 is 1.89 bits per heavy atom.